The van der Waals surface area contributed by atoms with E-state index in [0.29, 0.717) is 5.92 Å². The second-order valence-electron chi connectivity index (χ2n) is 13.5. The van der Waals surface area contributed by atoms with Crippen LogP contribution in [0.5, 0.6) is 0 Å². The third-order valence-electron chi connectivity index (χ3n) is 10.8. The van der Waals surface area contributed by atoms with E-state index >= 15 is 0 Å². The van der Waals surface area contributed by atoms with Crippen LogP contribution < -0.4 is 0 Å². The van der Waals surface area contributed by atoms with Crippen LogP contribution in [0.25, 0.3) is 33.4 Å². The third kappa shape index (κ3) is 4.41. The first-order chi connectivity index (χ1) is 23.5. The van der Waals surface area contributed by atoms with Gasteiger partial charge in [-0.1, -0.05) is 167 Å². The SMILES string of the molecule is Cc1ccc(C2(c3ccc(C)cc3)c3cc(-c4ccc5c(c4)-c4ccccc4C(c4ccccc4)C5)ccc3-c3c(Br)cccc32)cc1. The zero-order valence-electron chi connectivity index (χ0n) is 27.2. The molecular formula is C47H35Br. The minimum Gasteiger partial charge on any atom is -0.0622 e. The van der Waals surface area contributed by atoms with Crippen molar-refractivity contribution < 1.29 is 0 Å². The van der Waals surface area contributed by atoms with Crippen molar-refractivity contribution in [3.63, 3.8) is 0 Å². The summed E-state index contributed by atoms with van der Waals surface area (Å²) < 4.78 is 1.13. The molecule has 0 saturated heterocycles. The second-order valence-corrected chi connectivity index (χ2v) is 14.4. The van der Waals surface area contributed by atoms with Crippen molar-refractivity contribution in [2.45, 2.75) is 31.6 Å². The average Bonchev–Trinajstić information content (AvgIpc) is 3.43. The summed E-state index contributed by atoms with van der Waals surface area (Å²) in [5.41, 5.74) is 19.3. The van der Waals surface area contributed by atoms with Gasteiger partial charge in [-0.15, -0.1) is 0 Å². The molecule has 0 amide bonds. The van der Waals surface area contributed by atoms with Gasteiger partial charge in [0, 0.05) is 16.0 Å². The first-order valence-corrected chi connectivity index (χ1v) is 17.7. The van der Waals surface area contributed by atoms with Gasteiger partial charge < -0.3 is 0 Å². The van der Waals surface area contributed by atoms with E-state index in [1.54, 1.807) is 0 Å². The van der Waals surface area contributed by atoms with Gasteiger partial charge in [-0.2, -0.15) is 0 Å². The quantitative estimate of drug-likeness (QED) is 0.174. The predicted octanol–water partition coefficient (Wildman–Crippen LogP) is 12.5. The monoisotopic (exact) mass is 678 g/mol. The average molecular weight is 680 g/mol. The van der Waals surface area contributed by atoms with Crippen molar-refractivity contribution in [1.82, 2.24) is 0 Å². The van der Waals surface area contributed by atoms with Gasteiger partial charge in [0.1, 0.15) is 0 Å². The zero-order chi connectivity index (χ0) is 32.4. The van der Waals surface area contributed by atoms with Gasteiger partial charge in [0.25, 0.3) is 0 Å². The maximum absolute atomic E-state index is 3.98. The minimum atomic E-state index is -0.449. The normalized spacial score (nSPS) is 15.3. The summed E-state index contributed by atoms with van der Waals surface area (Å²) in [5, 5.41) is 0. The van der Waals surface area contributed by atoms with Crippen LogP contribution in [-0.2, 0) is 11.8 Å². The number of hydrogen-bond acceptors (Lipinski definition) is 0. The molecule has 2 aliphatic rings. The summed E-state index contributed by atoms with van der Waals surface area (Å²) in [6.07, 6.45) is 1.01. The molecule has 0 aliphatic heterocycles. The lowest BCUT2D eigenvalue weighted by molar-refractivity contribution is 0.767. The van der Waals surface area contributed by atoms with Crippen molar-refractivity contribution in [3.8, 4) is 33.4 Å². The van der Waals surface area contributed by atoms with E-state index in [2.05, 4.69) is 188 Å². The summed E-state index contributed by atoms with van der Waals surface area (Å²) in [5.74, 6) is 0.363. The van der Waals surface area contributed by atoms with E-state index in [1.807, 2.05) is 0 Å². The molecule has 0 spiro atoms. The van der Waals surface area contributed by atoms with Crippen molar-refractivity contribution in [2.75, 3.05) is 0 Å². The van der Waals surface area contributed by atoms with Crippen molar-refractivity contribution in [3.05, 3.63) is 212 Å². The van der Waals surface area contributed by atoms with E-state index in [1.165, 1.54) is 83.5 Å². The van der Waals surface area contributed by atoms with Crippen molar-refractivity contribution in [1.29, 1.82) is 0 Å². The number of benzene rings is 7. The van der Waals surface area contributed by atoms with Crippen LogP contribution in [0.1, 0.15) is 56.0 Å². The van der Waals surface area contributed by atoms with Crippen LogP contribution >= 0.6 is 15.9 Å². The molecule has 0 heterocycles. The van der Waals surface area contributed by atoms with E-state index in [0.717, 1.165) is 10.9 Å². The molecule has 1 heteroatoms. The highest BCUT2D eigenvalue weighted by Gasteiger charge is 2.47. The standard InChI is InChI=1S/C47H35Br/c1-30-15-22-36(23-16-30)47(37-24-17-31(2)18-25-37)43-13-8-14-45(48)46(43)40-26-21-34(29-44(40)47)33-19-20-35-28-41(32-9-4-3-5-10-32)38-11-6-7-12-39(38)42(35)27-33/h3-27,29,41H,28H2,1-2H3. The maximum Gasteiger partial charge on any atom is 0.0714 e. The molecule has 0 fully saturated rings. The molecule has 0 N–H and O–H groups in total. The lowest BCUT2D eigenvalue weighted by Crippen LogP contribution is -2.28. The zero-order valence-corrected chi connectivity index (χ0v) is 28.8. The molecule has 0 saturated carbocycles. The van der Waals surface area contributed by atoms with Crippen LogP contribution in [-0.4, -0.2) is 0 Å². The highest BCUT2D eigenvalue weighted by Crippen LogP contribution is 2.58. The number of aryl methyl sites for hydroxylation is 2. The van der Waals surface area contributed by atoms with Crippen LogP contribution in [0.4, 0.5) is 0 Å². The molecule has 48 heavy (non-hydrogen) atoms. The fourth-order valence-corrected chi connectivity index (χ4v) is 9.03. The number of fused-ring (bicyclic) bond motifs is 6. The highest BCUT2D eigenvalue weighted by molar-refractivity contribution is 9.10. The Morgan fingerprint density at radius 1 is 0.521 bits per heavy atom. The van der Waals surface area contributed by atoms with E-state index in [-0.39, 0.29) is 0 Å². The van der Waals surface area contributed by atoms with Gasteiger partial charge in [-0.05, 0) is 105 Å². The Labute approximate surface area is 291 Å². The Balaban J connectivity index is 1.25. The first-order valence-electron chi connectivity index (χ1n) is 16.9. The van der Waals surface area contributed by atoms with Crippen molar-refractivity contribution in [2.24, 2.45) is 0 Å². The Kier molecular flexibility index (Phi) is 6.88. The van der Waals surface area contributed by atoms with Gasteiger partial charge >= 0.3 is 0 Å². The molecular weight excluding hydrogens is 644 g/mol. The number of rotatable bonds is 4. The van der Waals surface area contributed by atoms with E-state index < -0.39 is 5.41 Å². The summed E-state index contributed by atoms with van der Waals surface area (Å²) in [7, 11) is 0. The first kappa shape index (κ1) is 29.2. The van der Waals surface area contributed by atoms with Crippen LogP contribution in [0.15, 0.2) is 162 Å². The minimum absolute atomic E-state index is 0.363. The molecule has 0 nitrogen and oxygen atoms in total. The molecule has 230 valence electrons. The topological polar surface area (TPSA) is 0 Å². The van der Waals surface area contributed by atoms with Crippen LogP contribution in [0.2, 0.25) is 0 Å². The summed E-state index contributed by atoms with van der Waals surface area (Å²) in [6, 6.07) is 59.4. The Morgan fingerprint density at radius 2 is 1.17 bits per heavy atom. The molecule has 0 bridgehead atoms. The highest BCUT2D eigenvalue weighted by atomic mass is 79.9. The van der Waals surface area contributed by atoms with Crippen LogP contribution in [0, 0.1) is 13.8 Å². The molecule has 7 aromatic carbocycles. The van der Waals surface area contributed by atoms with Gasteiger partial charge in [0.15, 0.2) is 0 Å². The van der Waals surface area contributed by atoms with Gasteiger partial charge in [0.2, 0.25) is 0 Å². The Hall–Kier alpha value is -4.98. The molecule has 2 aliphatic carbocycles. The number of hydrogen-bond donors (Lipinski definition) is 0. The van der Waals surface area contributed by atoms with E-state index in [9.17, 15) is 0 Å². The fourth-order valence-electron chi connectivity index (χ4n) is 8.45. The third-order valence-corrected chi connectivity index (χ3v) is 11.4. The van der Waals surface area contributed by atoms with Gasteiger partial charge in [-0.25, -0.2) is 0 Å². The smallest absolute Gasteiger partial charge is 0.0622 e. The molecule has 7 aromatic rings. The predicted molar refractivity (Wildman–Crippen MR) is 204 cm³/mol. The molecule has 1 unspecified atom stereocenters. The van der Waals surface area contributed by atoms with Gasteiger partial charge in [-0.3, -0.25) is 0 Å². The summed E-state index contributed by atoms with van der Waals surface area (Å²) in [6.45, 7) is 4.34. The summed E-state index contributed by atoms with van der Waals surface area (Å²) in [4.78, 5) is 0. The fraction of sp³-hybridized carbons (Fsp3) is 0.106. The Bertz CT molecular complexity index is 2280. The van der Waals surface area contributed by atoms with Crippen LogP contribution in [0.3, 0.4) is 0 Å². The summed E-state index contributed by atoms with van der Waals surface area (Å²) >= 11 is 3.98. The molecule has 1 atom stereocenters. The number of halogens is 1. The lowest BCUT2D eigenvalue weighted by atomic mass is 9.67. The largest absolute Gasteiger partial charge is 0.0714 e. The second kappa shape index (κ2) is 11.3. The molecule has 9 rings (SSSR count). The van der Waals surface area contributed by atoms with Crippen molar-refractivity contribution >= 4 is 15.9 Å². The lowest BCUT2D eigenvalue weighted by Gasteiger charge is -2.34. The van der Waals surface area contributed by atoms with Gasteiger partial charge in [0.05, 0.1) is 5.41 Å². The maximum atomic E-state index is 3.98. The molecule has 0 radical (unpaired) electrons. The Morgan fingerprint density at radius 3 is 1.90 bits per heavy atom. The van der Waals surface area contributed by atoms with E-state index in [4.69, 9.17) is 0 Å². The molecule has 0 aromatic heterocycles.